The van der Waals surface area contributed by atoms with Gasteiger partial charge in [0.1, 0.15) is 5.60 Å². The van der Waals surface area contributed by atoms with E-state index < -0.39 is 5.60 Å². The molecule has 0 radical (unpaired) electrons. The lowest BCUT2D eigenvalue weighted by Gasteiger charge is -2.26. The molecule has 0 saturated carbocycles. The quantitative estimate of drug-likeness (QED) is 0.677. The first-order valence-electron chi connectivity index (χ1n) is 7.30. The molecule has 0 bridgehead atoms. The van der Waals surface area contributed by atoms with Crippen LogP contribution in [-0.2, 0) is 5.60 Å². The molecule has 1 unspecified atom stereocenters. The van der Waals surface area contributed by atoms with Gasteiger partial charge in [-0.15, -0.1) is 0 Å². The van der Waals surface area contributed by atoms with Gasteiger partial charge < -0.3 is 5.11 Å². The molecule has 2 heteroatoms. The van der Waals surface area contributed by atoms with Gasteiger partial charge in [0.25, 0.3) is 0 Å². The summed E-state index contributed by atoms with van der Waals surface area (Å²) in [7, 11) is 0. The van der Waals surface area contributed by atoms with Crippen LogP contribution in [0.25, 0.3) is 11.1 Å². The van der Waals surface area contributed by atoms with Crippen molar-refractivity contribution in [3.63, 3.8) is 0 Å². The van der Waals surface area contributed by atoms with Gasteiger partial charge in [0.05, 0.1) is 0 Å². The topological polar surface area (TPSA) is 20.2 Å². The third-order valence-corrected chi connectivity index (χ3v) is 4.68. The van der Waals surface area contributed by atoms with E-state index in [0.29, 0.717) is 5.02 Å². The van der Waals surface area contributed by atoms with E-state index in [1.54, 1.807) is 0 Å². The molecule has 4 rings (SSSR count). The van der Waals surface area contributed by atoms with Crippen molar-refractivity contribution in [1.29, 1.82) is 0 Å². The standard InChI is InChI=1S/C20H15ClO/c1-13-6-8-14(9-7-13)20(22)18-5-3-2-4-16(18)17-12-15(21)10-11-19(17)20/h2-12,22H,1H3. The van der Waals surface area contributed by atoms with Gasteiger partial charge in [0.2, 0.25) is 0 Å². The maximum atomic E-state index is 11.6. The molecule has 1 atom stereocenters. The van der Waals surface area contributed by atoms with E-state index in [1.165, 1.54) is 5.56 Å². The molecule has 1 aliphatic rings. The SMILES string of the molecule is Cc1ccc(C2(O)c3ccccc3-c3cc(Cl)ccc32)cc1. The maximum Gasteiger partial charge on any atom is 0.141 e. The summed E-state index contributed by atoms with van der Waals surface area (Å²) in [6.45, 7) is 2.05. The van der Waals surface area contributed by atoms with Crippen LogP contribution in [0.5, 0.6) is 0 Å². The van der Waals surface area contributed by atoms with E-state index in [4.69, 9.17) is 11.6 Å². The monoisotopic (exact) mass is 306 g/mol. The third-order valence-electron chi connectivity index (χ3n) is 4.45. The normalized spacial score (nSPS) is 18.9. The zero-order chi connectivity index (χ0) is 15.3. The summed E-state index contributed by atoms with van der Waals surface area (Å²) >= 11 is 6.17. The lowest BCUT2D eigenvalue weighted by Crippen LogP contribution is -2.26. The van der Waals surface area contributed by atoms with Crippen molar-refractivity contribution < 1.29 is 5.11 Å². The molecule has 1 N–H and O–H groups in total. The number of hydrogen-bond donors (Lipinski definition) is 1. The van der Waals surface area contributed by atoms with Crippen molar-refractivity contribution in [2.24, 2.45) is 0 Å². The number of rotatable bonds is 1. The Morgan fingerprint density at radius 3 is 2.27 bits per heavy atom. The highest BCUT2D eigenvalue weighted by atomic mass is 35.5. The third kappa shape index (κ3) is 1.76. The summed E-state index contributed by atoms with van der Waals surface area (Å²) < 4.78 is 0. The molecular weight excluding hydrogens is 292 g/mol. The zero-order valence-corrected chi connectivity index (χ0v) is 12.9. The molecular formula is C20H15ClO. The van der Waals surface area contributed by atoms with Crippen molar-refractivity contribution >= 4 is 11.6 Å². The van der Waals surface area contributed by atoms with Crippen LogP contribution in [0.2, 0.25) is 5.02 Å². The Morgan fingerprint density at radius 2 is 1.50 bits per heavy atom. The smallest absolute Gasteiger partial charge is 0.141 e. The van der Waals surface area contributed by atoms with Crippen LogP contribution in [0.4, 0.5) is 0 Å². The molecule has 0 heterocycles. The van der Waals surface area contributed by atoms with Crippen LogP contribution in [0.15, 0.2) is 66.7 Å². The first kappa shape index (κ1) is 13.6. The molecule has 0 amide bonds. The van der Waals surface area contributed by atoms with E-state index in [9.17, 15) is 5.11 Å². The predicted molar refractivity (Wildman–Crippen MR) is 90.2 cm³/mol. The van der Waals surface area contributed by atoms with Gasteiger partial charge in [-0.2, -0.15) is 0 Å². The zero-order valence-electron chi connectivity index (χ0n) is 12.2. The lowest BCUT2D eigenvalue weighted by atomic mass is 9.84. The second-order valence-corrected chi connectivity index (χ2v) is 6.25. The second kappa shape index (κ2) is 4.70. The molecule has 1 nitrogen and oxygen atoms in total. The van der Waals surface area contributed by atoms with E-state index >= 15 is 0 Å². The second-order valence-electron chi connectivity index (χ2n) is 5.81. The first-order chi connectivity index (χ1) is 10.6. The van der Waals surface area contributed by atoms with Crippen LogP contribution < -0.4 is 0 Å². The van der Waals surface area contributed by atoms with Crippen LogP contribution in [0.1, 0.15) is 22.3 Å². The molecule has 3 aromatic carbocycles. The minimum absolute atomic E-state index is 0.682. The highest BCUT2D eigenvalue weighted by Crippen LogP contribution is 2.51. The van der Waals surface area contributed by atoms with E-state index in [1.807, 2.05) is 73.7 Å². The lowest BCUT2D eigenvalue weighted by molar-refractivity contribution is 0.130. The number of aryl methyl sites for hydroxylation is 1. The fraction of sp³-hybridized carbons (Fsp3) is 0.100. The number of aliphatic hydroxyl groups is 1. The molecule has 3 aromatic rings. The van der Waals surface area contributed by atoms with Crippen molar-refractivity contribution in [3.8, 4) is 11.1 Å². The van der Waals surface area contributed by atoms with Gasteiger partial charge in [-0.3, -0.25) is 0 Å². The van der Waals surface area contributed by atoms with Crippen molar-refractivity contribution in [3.05, 3.63) is 94.0 Å². The summed E-state index contributed by atoms with van der Waals surface area (Å²) in [5.74, 6) is 0. The van der Waals surface area contributed by atoms with E-state index in [-0.39, 0.29) is 0 Å². The van der Waals surface area contributed by atoms with Crippen LogP contribution in [-0.4, -0.2) is 5.11 Å². The Kier molecular flexibility index (Phi) is 2.90. The van der Waals surface area contributed by atoms with Gasteiger partial charge in [-0.1, -0.05) is 71.8 Å². The Hall–Kier alpha value is -2.09. The van der Waals surface area contributed by atoms with Crippen molar-refractivity contribution in [1.82, 2.24) is 0 Å². The molecule has 0 fully saturated rings. The van der Waals surface area contributed by atoms with Crippen LogP contribution in [0, 0.1) is 6.92 Å². The Balaban J connectivity index is 2.06. The maximum absolute atomic E-state index is 11.6. The number of fused-ring (bicyclic) bond motifs is 3. The van der Waals surface area contributed by atoms with Crippen molar-refractivity contribution in [2.75, 3.05) is 0 Å². The molecule has 0 aliphatic heterocycles. The van der Waals surface area contributed by atoms with Crippen molar-refractivity contribution in [2.45, 2.75) is 12.5 Å². The van der Waals surface area contributed by atoms with Crippen LogP contribution in [0.3, 0.4) is 0 Å². The molecule has 0 aromatic heterocycles. The summed E-state index contributed by atoms with van der Waals surface area (Å²) in [5.41, 5.74) is 4.79. The number of halogens is 1. The van der Waals surface area contributed by atoms with Crippen LogP contribution >= 0.6 is 11.6 Å². The Bertz CT molecular complexity index is 867. The first-order valence-corrected chi connectivity index (χ1v) is 7.68. The average molecular weight is 307 g/mol. The number of benzene rings is 3. The average Bonchev–Trinajstić information content (AvgIpc) is 2.79. The largest absolute Gasteiger partial charge is 0.376 e. The minimum Gasteiger partial charge on any atom is -0.376 e. The minimum atomic E-state index is -1.12. The Labute approximate surface area is 134 Å². The van der Waals surface area contributed by atoms with Gasteiger partial charge in [0, 0.05) is 16.1 Å². The highest BCUT2D eigenvalue weighted by Gasteiger charge is 2.42. The van der Waals surface area contributed by atoms with Gasteiger partial charge in [-0.25, -0.2) is 0 Å². The molecule has 108 valence electrons. The fourth-order valence-electron chi connectivity index (χ4n) is 3.34. The molecule has 22 heavy (non-hydrogen) atoms. The summed E-state index contributed by atoms with van der Waals surface area (Å²) in [4.78, 5) is 0. The molecule has 0 spiro atoms. The number of hydrogen-bond acceptors (Lipinski definition) is 1. The van der Waals surface area contributed by atoms with Gasteiger partial charge in [-0.05, 0) is 35.7 Å². The van der Waals surface area contributed by atoms with E-state index in [2.05, 4.69) is 0 Å². The summed E-state index contributed by atoms with van der Waals surface area (Å²) in [6, 6.07) is 21.7. The highest BCUT2D eigenvalue weighted by molar-refractivity contribution is 6.31. The predicted octanol–water partition coefficient (Wildman–Crippen LogP) is 4.91. The fourth-order valence-corrected chi connectivity index (χ4v) is 3.51. The van der Waals surface area contributed by atoms with Gasteiger partial charge >= 0.3 is 0 Å². The summed E-state index contributed by atoms with van der Waals surface area (Å²) in [5, 5.41) is 12.3. The van der Waals surface area contributed by atoms with Gasteiger partial charge in [0.15, 0.2) is 0 Å². The molecule has 0 saturated heterocycles. The summed E-state index contributed by atoms with van der Waals surface area (Å²) in [6.07, 6.45) is 0. The molecule has 1 aliphatic carbocycles. The Morgan fingerprint density at radius 1 is 0.818 bits per heavy atom. The van der Waals surface area contributed by atoms with E-state index in [0.717, 1.165) is 27.8 Å².